The van der Waals surface area contributed by atoms with Gasteiger partial charge in [0.05, 0.1) is 18.8 Å². The van der Waals surface area contributed by atoms with Crippen molar-refractivity contribution >= 4 is 5.97 Å². The molecule has 2 fully saturated rings. The van der Waals surface area contributed by atoms with Crippen LogP contribution in [0.15, 0.2) is 0 Å². The molecule has 6 nitrogen and oxygen atoms in total. The summed E-state index contributed by atoms with van der Waals surface area (Å²) in [7, 11) is 0. The van der Waals surface area contributed by atoms with Crippen molar-refractivity contribution in [1.29, 1.82) is 0 Å². The van der Waals surface area contributed by atoms with E-state index in [1.165, 1.54) is 0 Å². The van der Waals surface area contributed by atoms with Crippen LogP contribution in [0.5, 0.6) is 0 Å². The van der Waals surface area contributed by atoms with Crippen molar-refractivity contribution in [1.82, 2.24) is 5.06 Å². The lowest BCUT2D eigenvalue weighted by Gasteiger charge is -2.64. The topological polar surface area (TPSA) is 68.2 Å². The quantitative estimate of drug-likeness (QED) is 0.792. The summed E-state index contributed by atoms with van der Waals surface area (Å²) in [6, 6.07) is 0. The summed E-state index contributed by atoms with van der Waals surface area (Å²) in [6.07, 6.45) is 1.35. The maximum Gasteiger partial charge on any atom is 0.334 e. The molecule has 2 aliphatic rings. The molecule has 2 heterocycles. The predicted molar refractivity (Wildman–Crippen MR) is 99.6 cm³/mol. The number of ether oxygens (including phenoxy) is 2. The third kappa shape index (κ3) is 3.53. The van der Waals surface area contributed by atoms with Crippen molar-refractivity contribution in [3.63, 3.8) is 0 Å². The van der Waals surface area contributed by atoms with Crippen molar-refractivity contribution in [2.75, 3.05) is 13.2 Å². The van der Waals surface area contributed by atoms with Crippen molar-refractivity contribution < 1.29 is 24.2 Å². The zero-order valence-corrected chi connectivity index (χ0v) is 17.7. The van der Waals surface area contributed by atoms with Crippen LogP contribution in [0.25, 0.3) is 0 Å². The number of rotatable bonds is 5. The van der Waals surface area contributed by atoms with Gasteiger partial charge in [-0.1, -0.05) is 34.6 Å². The molecule has 4 atom stereocenters. The van der Waals surface area contributed by atoms with Gasteiger partial charge in [0.25, 0.3) is 0 Å². The monoisotopic (exact) mass is 371 g/mol. The summed E-state index contributed by atoms with van der Waals surface area (Å²) in [6.45, 7) is 17.8. The summed E-state index contributed by atoms with van der Waals surface area (Å²) >= 11 is 0. The van der Waals surface area contributed by atoms with Crippen LogP contribution in [0.1, 0.15) is 74.7 Å². The zero-order valence-electron chi connectivity index (χ0n) is 17.7. The van der Waals surface area contributed by atoms with Crippen LogP contribution in [0, 0.1) is 11.3 Å². The van der Waals surface area contributed by atoms with Crippen molar-refractivity contribution in [2.45, 2.75) is 97.6 Å². The summed E-state index contributed by atoms with van der Waals surface area (Å²) in [5.74, 6) is -1.60. The van der Waals surface area contributed by atoms with Crippen molar-refractivity contribution in [3.8, 4) is 0 Å². The molecule has 0 radical (unpaired) electrons. The summed E-state index contributed by atoms with van der Waals surface area (Å²) in [5.41, 5.74) is -0.793. The van der Waals surface area contributed by atoms with Crippen LogP contribution < -0.4 is 0 Å². The molecule has 4 unspecified atom stereocenters. The molecule has 2 saturated heterocycles. The molecular weight excluding hydrogens is 334 g/mol. The average molecular weight is 372 g/mol. The second-order valence-electron chi connectivity index (χ2n) is 9.39. The minimum absolute atomic E-state index is 0.00164. The van der Waals surface area contributed by atoms with E-state index >= 15 is 0 Å². The number of hydrogen-bond acceptors (Lipinski definition) is 5. The molecule has 0 amide bonds. The van der Waals surface area contributed by atoms with Gasteiger partial charge in [-0.25, -0.2) is 4.79 Å². The van der Waals surface area contributed by atoms with Gasteiger partial charge in [0.2, 0.25) is 0 Å². The Morgan fingerprint density at radius 1 is 1.19 bits per heavy atom. The van der Waals surface area contributed by atoms with Crippen molar-refractivity contribution in [3.05, 3.63) is 0 Å². The molecule has 26 heavy (non-hydrogen) atoms. The highest BCUT2D eigenvalue weighted by atomic mass is 16.7. The van der Waals surface area contributed by atoms with E-state index in [0.717, 1.165) is 12.8 Å². The predicted octanol–water partition coefficient (Wildman–Crippen LogP) is 3.84. The lowest BCUT2D eigenvalue weighted by atomic mass is 9.67. The number of nitrogens with zero attached hydrogens (tertiary/aromatic N) is 1. The normalized spacial score (nSPS) is 38.2. The molecule has 1 spiro atoms. The molecule has 6 heteroatoms. The van der Waals surface area contributed by atoms with Crippen LogP contribution in [-0.2, 0) is 19.1 Å². The molecule has 152 valence electrons. The standard InChI is InChI=1S/C20H37NO5/c1-9-18(7)11-20(24-12-17(5,6)13-25-20)15(4)19(8,10-2)21(18)26-14(3)16(22)23/h14-15H,9-13H2,1-8H3,(H,22,23). The van der Waals surface area contributed by atoms with E-state index in [0.29, 0.717) is 19.6 Å². The maximum absolute atomic E-state index is 11.4. The lowest BCUT2D eigenvalue weighted by molar-refractivity contribution is -0.412. The largest absolute Gasteiger partial charge is 0.479 e. The van der Waals surface area contributed by atoms with E-state index in [9.17, 15) is 9.90 Å². The second-order valence-corrected chi connectivity index (χ2v) is 9.39. The van der Waals surface area contributed by atoms with Crippen LogP contribution >= 0.6 is 0 Å². The fraction of sp³-hybridized carbons (Fsp3) is 0.950. The van der Waals surface area contributed by atoms with Gasteiger partial charge in [-0.15, -0.1) is 0 Å². The summed E-state index contributed by atoms with van der Waals surface area (Å²) in [4.78, 5) is 17.5. The van der Waals surface area contributed by atoms with Crippen LogP contribution in [0.2, 0.25) is 0 Å². The van der Waals surface area contributed by atoms with E-state index in [1.54, 1.807) is 6.92 Å². The van der Waals surface area contributed by atoms with E-state index < -0.39 is 23.4 Å². The number of aliphatic carboxylic acids is 1. The molecule has 0 saturated carbocycles. The fourth-order valence-electron chi connectivity index (χ4n) is 4.26. The fourth-order valence-corrected chi connectivity index (χ4v) is 4.26. The first-order valence-electron chi connectivity index (χ1n) is 9.84. The Kier molecular flexibility index (Phi) is 5.85. The van der Waals surface area contributed by atoms with Crippen molar-refractivity contribution in [2.24, 2.45) is 11.3 Å². The molecule has 0 aromatic heterocycles. The first-order chi connectivity index (χ1) is 11.9. The minimum Gasteiger partial charge on any atom is -0.479 e. The van der Waals surface area contributed by atoms with Gasteiger partial charge in [-0.3, -0.25) is 4.84 Å². The Balaban J connectivity index is 2.43. The number of hydroxylamine groups is 2. The van der Waals surface area contributed by atoms with Gasteiger partial charge in [0, 0.05) is 23.3 Å². The Bertz CT molecular complexity index is 526. The zero-order chi connectivity index (χ0) is 20.0. The molecule has 1 N–H and O–H groups in total. The SMILES string of the molecule is CCC1(C)CC2(OCC(C)(C)CO2)C(C)C(C)(CC)N1OC(C)C(=O)O. The van der Waals surface area contributed by atoms with E-state index in [1.807, 2.05) is 5.06 Å². The number of carbonyl (C=O) groups is 1. The van der Waals surface area contributed by atoms with E-state index in [4.69, 9.17) is 14.3 Å². The Labute approximate surface area is 158 Å². The Morgan fingerprint density at radius 3 is 2.15 bits per heavy atom. The highest BCUT2D eigenvalue weighted by molar-refractivity contribution is 5.71. The van der Waals surface area contributed by atoms with Gasteiger partial charge in [-0.2, -0.15) is 5.06 Å². The Hall–Kier alpha value is -0.690. The van der Waals surface area contributed by atoms with Gasteiger partial charge in [0.15, 0.2) is 11.9 Å². The van der Waals surface area contributed by atoms with E-state index in [-0.39, 0.29) is 16.9 Å². The van der Waals surface area contributed by atoms with Gasteiger partial charge in [-0.05, 0) is 33.6 Å². The van der Waals surface area contributed by atoms with E-state index in [2.05, 4.69) is 48.5 Å². The van der Waals surface area contributed by atoms with Gasteiger partial charge in [0.1, 0.15) is 0 Å². The third-order valence-electron chi connectivity index (χ3n) is 6.68. The maximum atomic E-state index is 11.4. The van der Waals surface area contributed by atoms with Crippen LogP contribution in [0.4, 0.5) is 0 Å². The molecule has 2 aliphatic heterocycles. The Morgan fingerprint density at radius 2 is 1.73 bits per heavy atom. The van der Waals surface area contributed by atoms with Crippen LogP contribution in [0.3, 0.4) is 0 Å². The number of piperidine rings is 1. The minimum atomic E-state index is -0.957. The van der Waals surface area contributed by atoms with Gasteiger partial charge < -0.3 is 14.6 Å². The average Bonchev–Trinajstić information content (AvgIpc) is 2.59. The smallest absolute Gasteiger partial charge is 0.334 e. The molecule has 2 rings (SSSR count). The third-order valence-corrected chi connectivity index (χ3v) is 6.68. The molecular formula is C20H37NO5. The van der Waals surface area contributed by atoms with Gasteiger partial charge >= 0.3 is 5.97 Å². The lowest BCUT2D eigenvalue weighted by Crippen LogP contribution is -2.74. The molecule has 0 bridgehead atoms. The number of hydrogen-bond donors (Lipinski definition) is 1. The molecule has 0 aliphatic carbocycles. The molecule has 0 aromatic rings. The first-order valence-corrected chi connectivity index (χ1v) is 9.84. The summed E-state index contributed by atoms with van der Waals surface area (Å²) < 4.78 is 12.8. The molecule has 0 aromatic carbocycles. The second kappa shape index (κ2) is 7.04. The highest BCUT2D eigenvalue weighted by Crippen LogP contribution is 2.54. The number of carboxylic acids is 1. The highest BCUT2D eigenvalue weighted by Gasteiger charge is 2.63. The summed E-state index contributed by atoms with van der Waals surface area (Å²) in [5, 5.41) is 11.3. The first kappa shape index (κ1) is 21.6. The number of carboxylic acid groups (broad SMARTS) is 1. The van der Waals surface area contributed by atoms with Crippen LogP contribution in [-0.4, -0.2) is 52.3 Å².